The van der Waals surface area contributed by atoms with Crippen LogP contribution in [0, 0.1) is 0 Å². The normalized spacial score (nSPS) is 18.4. The Morgan fingerprint density at radius 1 is 1.25 bits per heavy atom. The van der Waals surface area contributed by atoms with Crippen LogP contribution >= 0.6 is 0 Å². The average molecular weight is 284 g/mol. The van der Waals surface area contributed by atoms with E-state index in [1.165, 1.54) is 6.29 Å². The number of likely N-dealkylation sites (N-methyl/N-ethyl adjacent to an activating group) is 1. The summed E-state index contributed by atoms with van der Waals surface area (Å²) < 4.78 is 4.67. The number of carbonyl (C=O) groups is 2. The quantitative estimate of drug-likeness (QED) is 0.552. The van der Waals surface area contributed by atoms with Crippen LogP contribution in [0.4, 0.5) is 0 Å². The van der Waals surface area contributed by atoms with E-state index in [2.05, 4.69) is 21.6 Å². The summed E-state index contributed by atoms with van der Waals surface area (Å²) in [4.78, 5) is 36.7. The summed E-state index contributed by atoms with van der Waals surface area (Å²) in [6.45, 7) is 4.72. The Bertz CT molecular complexity index is 340. The molecule has 0 aromatic rings. The van der Waals surface area contributed by atoms with Gasteiger partial charge in [-0.1, -0.05) is 0 Å². The number of rotatable bonds is 8. The van der Waals surface area contributed by atoms with Crippen LogP contribution in [-0.2, 0) is 24.2 Å². The fourth-order valence-corrected chi connectivity index (χ4v) is 1.98. The third-order valence-corrected chi connectivity index (χ3v) is 3.26. The van der Waals surface area contributed by atoms with E-state index < -0.39 is 24.5 Å². The van der Waals surface area contributed by atoms with Gasteiger partial charge in [-0.25, -0.2) is 9.90 Å². The minimum absolute atomic E-state index is 0.134. The number of hydrogen-bond acceptors (Lipinski definition) is 6. The summed E-state index contributed by atoms with van der Waals surface area (Å²) in [5.74, 6) is -2.19. The van der Waals surface area contributed by atoms with E-state index in [1.807, 2.05) is 0 Å². The molecule has 0 spiro atoms. The van der Waals surface area contributed by atoms with Crippen molar-refractivity contribution in [1.29, 1.82) is 0 Å². The molecule has 1 heterocycles. The van der Waals surface area contributed by atoms with Gasteiger partial charge >= 0.3 is 11.9 Å². The van der Waals surface area contributed by atoms with Crippen molar-refractivity contribution in [1.82, 2.24) is 9.80 Å². The molecule has 7 heteroatoms. The fourth-order valence-electron chi connectivity index (χ4n) is 1.98. The molecule has 0 saturated carbocycles. The molecule has 1 atom stereocenters. The second kappa shape index (κ2) is 8.65. The van der Waals surface area contributed by atoms with Crippen LogP contribution in [0.1, 0.15) is 19.3 Å². The number of hydrogen-bond donors (Lipinski definition) is 0. The van der Waals surface area contributed by atoms with Crippen LogP contribution in [0.5, 0.6) is 0 Å². The first kappa shape index (κ1) is 16.6. The molecule has 1 saturated heterocycles. The van der Waals surface area contributed by atoms with Crippen molar-refractivity contribution in [3.8, 4) is 0 Å². The van der Waals surface area contributed by atoms with Crippen LogP contribution in [-0.4, -0.2) is 73.9 Å². The molecule has 0 aromatic heterocycles. The lowest BCUT2D eigenvalue weighted by Gasteiger charge is -2.32. The molecule has 112 valence electrons. The smallest absolute Gasteiger partial charge is 0.396 e. The van der Waals surface area contributed by atoms with Gasteiger partial charge in [0.1, 0.15) is 0 Å². The van der Waals surface area contributed by atoms with Gasteiger partial charge in [0.25, 0.3) is 0 Å². The van der Waals surface area contributed by atoms with Crippen molar-refractivity contribution >= 4 is 18.2 Å². The summed E-state index contributed by atoms with van der Waals surface area (Å²) >= 11 is 0. The monoisotopic (exact) mass is 284 g/mol. The van der Waals surface area contributed by atoms with Crippen molar-refractivity contribution in [3.05, 3.63) is 0 Å². The molecular weight excluding hydrogens is 264 g/mol. The maximum absolute atomic E-state index is 11.5. The standard InChI is InChI=1S/C13H20N2O5/c1-14-6-8-15(9-7-14)5-2-3-12(17)20-11(4-10-16)13(18)19/h11H,2-9H2,1H3. The number of carbonyl (C=O) groups excluding carboxylic acids is 3. The third kappa shape index (κ3) is 6.12. The van der Waals surface area contributed by atoms with E-state index in [0.29, 0.717) is 6.42 Å². The van der Waals surface area contributed by atoms with Gasteiger partial charge in [0.2, 0.25) is 12.4 Å². The van der Waals surface area contributed by atoms with E-state index in [4.69, 9.17) is 0 Å². The topological polar surface area (TPSA) is 86.8 Å². The molecule has 0 N–H and O–H groups in total. The number of ether oxygens (including phenoxy) is 1. The van der Waals surface area contributed by atoms with Crippen molar-refractivity contribution in [2.45, 2.75) is 25.4 Å². The first-order valence-corrected chi connectivity index (χ1v) is 6.69. The Morgan fingerprint density at radius 2 is 1.90 bits per heavy atom. The SMILES string of the molecule is CN1CCN(CCCC(=O)OC(C[C]=O)C([O])=O)CC1. The van der Waals surface area contributed by atoms with E-state index in [1.54, 1.807) is 0 Å². The summed E-state index contributed by atoms with van der Waals surface area (Å²) in [7, 11) is 2.07. The molecule has 0 aliphatic carbocycles. The van der Waals surface area contributed by atoms with Crippen molar-refractivity contribution in [2.75, 3.05) is 39.8 Å². The Balaban J connectivity index is 2.19. The number of nitrogens with zero attached hydrogens (tertiary/aromatic N) is 2. The minimum atomic E-state index is -1.57. The highest BCUT2D eigenvalue weighted by molar-refractivity contribution is 5.80. The van der Waals surface area contributed by atoms with Gasteiger partial charge in [0, 0.05) is 32.6 Å². The van der Waals surface area contributed by atoms with Crippen LogP contribution < -0.4 is 0 Å². The molecule has 1 aliphatic rings. The molecule has 1 aliphatic heterocycles. The highest BCUT2D eigenvalue weighted by Crippen LogP contribution is 2.05. The van der Waals surface area contributed by atoms with E-state index in [9.17, 15) is 19.5 Å². The first-order valence-electron chi connectivity index (χ1n) is 6.69. The van der Waals surface area contributed by atoms with Gasteiger partial charge in [-0.2, -0.15) is 0 Å². The van der Waals surface area contributed by atoms with Crippen LogP contribution in [0.15, 0.2) is 0 Å². The molecule has 1 unspecified atom stereocenters. The molecule has 1 fully saturated rings. The predicted molar refractivity (Wildman–Crippen MR) is 69.1 cm³/mol. The zero-order valence-corrected chi connectivity index (χ0v) is 11.7. The number of piperazine rings is 1. The van der Waals surface area contributed by atoms with Gasteiger partial charge < -0.3 is 14.5 Å². The van der Waals surface area contributed by atoms with Gasteiger partial charge in [0.05, 0.1) is 6.42 Å². The second-order valence-corrected chi connectivity index (χ2v) is 4.89. The lowest BCUT2D eigenvalue weighted by Crippen LogP contribution is -2.44. The van der Waals surface area contributed by atoms with Crippen LogP contribution in [0.2, 0.25) is 0 Å². The Hall–Kier alpha value is -1.47. The zero-order chi connectivity index (χ0) is 15.0. The summed E-state index contributed by atoms with van der Waals surface area (Å²) in [5.41, 5.74) is 0. The lowest BCUT2D eigenvalue weighted by atomic mass is 10.2. The molecule has 1 rings (SSSR count). The number of esters is 1. The Labute approximate surface area is 118 Å². The maximum Gasteiger partial charge on any atom is 0.396 e. The molecule has 20 heavy (non-hydrogen) atoms. The van der Waals surface area contributed by atoms with Gasteiger partial charge in [-0.15, -0.1) is 0 Å². The minimum Gasteiger partial charge on any atom is -0.450 e. The highest BCUT2D eigenvalue weighted by atomic mass is 16.6. The van der Waals surface area contributed by atoms with Gasteiger partial charge in [0.15, 0.2) is 0 Å². The second-order valence-electron chi connectivity index (χ2n) is 4.89. The largest absolute Gasteiger partial charge is 0.450 e. The predicted octanol–water partition coefficient (Wildman–Crippen LogP) is -0.617. The Morgan fingerprint density at radius 3 is 2.45 bits per heavy atom. The van der Waals surface area contributed by atoms with Gasteiger partial charge in [-0.3, -0.25) is 9.59 Å². The summed E-state index contributed by atoms with van der Waals surface area (Å²) in [6.07, 6.45) is 0.126. The van der Waals surface area contributed by atoms with Crippen molar-refractivity contribution < 1.29 is 24.2 Å². The van der Waals surface area contributed by atoms with E-state index in [0.717, 1.165) is 32.7 Å². The third-order valence-electron chi connectivity index (χ3n) is 3.26. The molecule has 7 nitrogen and oxygen atoms in total. The molecule has 2 radical (unpaired) electrons. The lowest BCUT2D eigenvalue weighted by molar-refractivity contribution is -0.167. The van der Waals surface area contributed by atoms with Gasteiger partial charge in [-0.05, 0) is 20.0 Å². The Kier molecular flexibility index (Phi) is 7.17. The molecule has 0 aromatic carbocycles. The molecular formula is C13H20N2O5. The maximum atomic E-state index is 11.5. The fraction of sp³-hybridized carbons (Fsp3) is 0.769. The molecule has 0 bridgehead atoms. The van der Waals surface area contributed by atoms with Crippen molar-refractivity contribution in [3.63, 3.8) is 0 Å². The first-order chi connectivity index (χ1) is 9.52. The zero-order valence-electron chi connectivity index (χ0n) is 11.7. The average Bonchev–Trinajstić information content (AvgIpc) is 2.40. The summed E-state index contributed by atoms with van der Waals surface area (Å²) in [6, 6.07) is 0. The van der Waals surface area contributed by atoms with Crippen molar-refractivity contribution in [2.24, 2.45) is 0 Å². The summed E-state index contributed by atoms with van der Waals surface area (Å²) in [5, 5.41) is 10.6. The van der Waals surface area contributed by atoms with E-state index in [-0.39, 0.29) is 6.42 Å². The highest BCUT2D eigenvalue weighted by Gasteiger charge is 2.23. The van der Waals surface area contributed by atoms with E-state index >= 15 is 0 Å². The van der Waals surface area contributed by atoms with Crippen LogP contribution in [0.25, 0.3) is 0 Å². The van der Waals surface area contributed by atoms with Crippen LogP contribution in [0.3, 0.4) is 0 Å². The molecule has 0 amide bonds.